The smallest absolute Gasteiger partial charge is 0.317 e. The van der Waals surface area contributed by atoms with E-state index >= 15 is 4.39 Å². The maximum absolute atomic E-state index is 16.7. The van der Waals surface area contributed by atoms with Gasteiger partial charge in [-0.1, -0.05) is 29.4 Å². The van der Waals surface area contributed by atoms with Crippen LogP contribution in [0.25, 0.3) is 32.2 Å². The minimum absolute atomic E-state index is 0.102. The minimum atomic E-state index is -0.599. The van der Waals surface area contributed by atoms with E-state index in [4.69, 9.17) is 27.1 Å². The highest BCUT2D eigenvalue weighted by Gasteiger charge is 2.38. The monoisotopic (exact) mass is 598 g/mol. The van der Waals surface area contributed by atoms with Crippen LogP contribution in [0.2, 0.25) is 5.02 Å². The van der Waals surface area contributed by atoms with E-state index in [1.807, 2.05) is 6.92 Å². The summed E-state index contributed by atoms with van der Waals surface area (Å²) in [6.07, 6.45) is 6.69. The van der Waals surface area contributed by atoms with E-state index in [9.17, 15) is 4.39 Å². The van der Waals surface area contributed by atoms with Crippen molar-refractivity contribution in [3.63, 3.8) is 0 Å². The van der Waals surface area contributed by atoms with E-state index in [0.29, 0.717) is 16.9 Å². The van der Waals surface area contributed by atoms with Crippen LogP contribution in [-0.4, -0.2) is 58.2 Å². The van der Waals surface area contributed by atoms with Crippen LogP contribution in [0.15, 0.2) is 18.2 Å². The Labute approximate surface area is 246 Å². The lowest BCUT2D eigenvalue weighted by molar-refractivity contribution is 0.121. The fourth-order valence-electron chi connectivity index (χ4n) is 7.00. The molecular formula is C30H33ClF2N6OS. The van der Waals surface area contributed by atoms with Crippen molar-refractivity contribution in [2.75, 3.05) is 31.9 Å². The molecule has 3 N–H and O–H groups in total. The van der Waals surface area contributed by atoms with Crippen LogP contribution in [0.1, 0.15) is 57.1 Å². The molecule has 2 aromatic carbocycles. The lowest BCUT2D eigenvalue weighted by Gasteiger charge is -2.43. The summed E-state index contributed by atoms with van der Waals surface area (Å²) in [4.78, 5) is 16.3. The van der Waals surface area contributed by atoms with Crippen LogP contribution in [0.5, 0.6) is 6.01 Å². The third-order valence-corrected chi connectivity index (χ3v) is 10.1. The predicted octanol–water partition coefficient (Wildman–Crippen LogP) is 6.53. The van der Waals surface area contributed by atoms with E-state index < -0.39 is 11.6 Å². The zero-order chi connectivity index (χ0) is 28.2. The summed E-state index contributed by atoms with van der Waals surface area (Å²) in [5.41, 5.74) is 7.60. The lowest BCUT2D eigenvalue weighted by Crippen LogP contribution is -2.49. The minimum Gasteiger partial charge on any atom is -0.459 e. The van der Waals surface area contributed by atoms with Crippen molar-refractivity contribution in [1.82, 2.24) is 25.2 Å². The highest BCUT2D eigenvalue weighted by atomic mass is 35.5. The fraction of sp³-hybridized carbons (Fsp3) is 0.500. The number of halogens is 3. The summed E-state index contributed by atoms with van der Waals surface area (Å²) < 4.78 is 37.8. The molecule has 0 spiro atoms. The Morgan fingerprint density at radius 1 is 1.15 bits per heavy atom. The summed E-state index contributed by atoms with van der Waals surface area (Å²) >= 11 is 7.84. The molecular weight excluding hydrogens is 566 g/mol. The molecule has 11 heteroatoms. The molecule has 4 atom stereocenters. The molecule has 2 aromatic heterocycles. The lowest BCUT2D eigenvalue weighted by atomic mass is 9.72. The Kier molecular flexibility index (Phi) is 7.21. The number of hydrogen-bond acceptors (Lipinski definition) is 8. The van der Waals surface area contributed by atoms with Crippen LogP contribution in [0, 0.1) is 17.6 Å². The van der Waals surface area contributed by atoms with Gasteiger partial charge in [0.25, 0.3) is 0 Å². The first kappa shape index (κ1) is 27.2. The number of hydrogen-bond donors (Lipinski definition) is 2. The molecule has 2 bridgehead atoms. The van der Waals surface area contributed by atoms with Gasteiger partial charge in [-0.3, -0.25) is 4.90 Å². The summed E-state index contributed by atoms with van der Waals surface area (Å²) in [5, 5.41) is 4.63. The molecule has 4 aromatic rings. The number of rotatable bonds is 6. The first-order chi connectivity index (χ1) is 19.9. The average molecular weight is 599 g/mol. The van der Waals surface area contributed by atoms with Crippen molar-refractivity contribution >= 4 is 49.2 Å². The number of ether oxygens (including phenoxy) is 1. The fourth-order valence-corrected chi connectivity index (χ4v) is 8.06. The average Bonchev–Trinajstić information content (AvgIpc) is 3.38. The number of likely N-dealkylation sites (tertiary alicyclic amines) is 1. The number of nitrogens with one attached hydrogen (secondary N) is 1. The zero-order valence-electron chi connectivity index (χ0n) is 22.9. The van der Waals surface area contributed by atoms with Crippen LogP contribution in [-0.2, 0) is 0 Å². The number of benzene rings is 2. The molecule has 0 radical (unpaired) electrons. The van der Waals surface area contributed by atoms with E-state index in [0.717, 1.165) is 56.1 Å². The molecule has 4 aliphatic rings. The maximum Gasteiger partial charge on any atom is 0.317 e. The number of nitrogens with zero attached hydrogens (tertiary/aromatic N) is 4. The van der Waals surface area contributed by atoms with Crippen molar-refractivity contribution in [2.24, 2.45) is 5.92 Å². The second-order valence-electron chi connectivity index (χ2n) is 11.7. The van der Waals surface area contributed by atoms with Crippen molar-refractivity contribution in [3.8, 4) is 17.1 Å². The molecule has 8 rings (SSSR count). The zero-order valence-corrected chi connectivity index (χ0v) is 24.5. The Morgan fingerprint density at radius 3 is 2.71 bits per heavy atom. The Morgan fingerprint density at radius 2 is 1.98 bits per heavy atom. The highest BCUT2D eigenvalue weighted by molar-refractivity contribution is 7.22. The molecule has 3 aliphatic heterocycles. The second kappa shape index (κ2) is 10.9. The topological polar surface area (TPSA) is 89.2 Å². The van der Waals surface area contributed by atoms with E-state index in [1.165, 1.54) is 37.8 Å². The van der Waals surface area contributed by atoms with E-state index in [1.54, 1.807) is 6.07 Å². The summed E-state index contributed by atoms with van der Waals surface area (Å²) in [6, 6.07) is 4.97. The first-order valence-corrected chi connectivity index (χ1v) is 15.7. The molecule has 1 saturated carbocycles. The van der Waals surface area contributed by atoms with Gasteiger partial charge in [-0.2, -0.15) is 9.97 Å². The number of piperidine rings is 3. The van der Waals surface area contributed by atoms with Gasteiger partial charge in [-0.25, -0.2) is 13.8 Å². The number of nitrogen functional groups attached to an aromatic ring is 1. The molecule has 1 aliphatic carbocycles. The molecule has 4 fully saturated rings. The third-order valence-electron chi connectivity index (χ3n) is 8.92. The number of aromatic nitrogens is 3. The van der Waals surface area contributed by atoms with Crippen molar-refractivity contribution in [3.05, 3.63) is 40.6 Å². The van der Waals surface area contributed by atoms with Gasteiger partial charge in [-0.05, 0) is 82.8 Å². The van der Waals surface area contributed by atoms with Gasteiger partial charge >= 0.3 is 6.01 Å². The van der Waals surface area contributed by atoms with Gasteiger partial charge in [0.15, 0.2) is 10.9 Å². The Hall–Kier alpha value is -2.66. The third kappa shape index (κ3) is 5.02. The first-order valence-electron chi connectivity index (χ1n) is 14.5. The quantitative estimate of drug-likeness (QED) is 0.261. The summed E-state index contributed by atoms with van der Waals surface area (Å²) in [5.74, 6) is -0.402. The van der Waals surface area contributed by atoms with Crippen molar-refractivity contribution < 1.29 is 13.5 Å². The molecule has 4 unspecified atom stereocenters. The normalized spacial score (nSPS) is 23.9. The molecule has 41 heavy (non-hydrogen) atoms. The van der Waals surface area contributed by atoms with Gasteiger partial charge in [0.2, 0.25) is 0 Å². The predicted molar refractivity (Wildman–Crippen MR) is 160 cm³/mol. The van der Waals surface area contributed by atoms with Crippen LogP contribution in [0.3, 0.4) is 0 Å². The van der Waals surface area contributed by atoms with Crippen LogP contribution in [0.4, 0.5) is 13.9 Å². The van der Waals surface area contributed by atoms with E-state index in [2.05, 4.69) is 20.2 Å². The van der Waals surface area contributed by atoms with Gasteiger partial charge in [0.1, 0.15) is 17.4 Å². The standard InChI is InChI=1S/C30H33ClF2N6OS/c1-15(14-39-9-3-2-4-10-39)40-30-37-25(18-11-16-5-8-22(18)35-13-16)19-12-20(31)23(24(33)26(19)38-30)17-6-7-21(32)28-27(17)36-29(34)41-28/h6-7,12,15-16,18,22,35H,2-5,8-11,13-14H2,1H3,(H2,34,36). The molecule has 216 valence electrons. The number of nitrogens with two attached hydrogens (primary N) is 1. The van der Waals surface area contributed by atoms with E-state index in [-0.39, 0.29) is 55.5 Å². The Bertz CT molecular complexity index is 1620. The van der Waals surface area contributed by atoms with Crippen LogP contribution < -0.4 is 15.8 Å². The van der Waals surface area contributed by atoms with Gasteiger partial charge in [0, 0.05) is 35.0 Å². The molecule has 7 nitrogen and oxygen atoms in total. The number of anilines is 1. The van der Waals surface area contributed by atoms with Gasteiger partial charge in [0.05, 0.1) is 20.9 Å². The molecule has 0 amide bonds. The van der Waals surface area contributed by atoms with Crippen LogP contribution >= 0.6 is 22.9 Å². The Balaban J connectivity index is 1.35. The summed E-state index contributed by atoms with van der Waals surface area (Å²) in [7, 11) is 0. The number of fused-ring (bicyclic) bond motifs is 5. The summed E-state index contributed by atoms with van der Waals surface area (Å²) in [6.45, 7) is 5.88. The largest absolute Gasteiger partial charge is 0.459 e. The van der Waals surface area contributed by atoms with Crippen molar-refractivity contribution in [1.29, 1.82) is 0 Å². The van der Waals surface area contributed by atoms with Gasteiger partial charge in [-0.15, -0.1) is 0 Å². The highest BCUT2D eigenvalue weighted by Crippen LogP contribution is 2.45. The van der Waals surface area contributed by atoms with Crippen molar-refractivity contribution in [2.45, 2.75) is 63.5 Å². The molecule has 5 heterocycles. The number of thiazole rings is 1. The van der Waals surface area contributed by atoms with Gasteiger partial charge < -0.3 is 15.8 Å². The SMILES string of the molecule is CC(CN1CCCCC1)Oc1nc(C2CC3CCC2NC3)c2cc(Cl)c(-c3ccc(F)c4sc(N)nc34)c(F)c2n1. The molecule has 3 saturated heterocycles. The maximum atomic E-state index is 16.7. The second-order valence-corrected chi connectivity index (χ2v) is 13.2.